The number of rotatable bonds is 2. The largest absolute Gasteiger partial charge is 0.396 e. The highest BCUT2D eigenvalue weighted by molar-refractivity contribution is 5.09. The molecule has 1 rings (SSSR count). The smallest absolute Gasteiger partial charge is 0.0462 e. The third kappa shape index (κ3) is 2.06. The number of aliphatic hydroxyl groups is 1. The molecule has 0 amide bonds. The quantitative estimate of drug-likeness (QED) is 0.605. The van der Waals surface area contributed by atoms with E-state index in [1.165, 1.54) is 12.8 Å². The third-order valence-corrected chi connectivity index (χ3v) is 2.70. The summed E-state index contributed by atoms with van der Waals surface area (Å²) in [6.07, 6.45) is 5.76. The summed E-state index contributed by atoms with van der Waals surface area (Å²) < 4.78 is 0. The SMILES string of the molecule is CCC1=CCC(CO)CC1C. The molecule has 0 radical (unpaired) electrons. The predicted octanol–water partition coefficient (Wildman–Crippen LogP) is 2.36. The van der Waals surface area contributed by atoms with Gasteiger partial charge in [0.1, 0.15) is 0 Å². The monoisotopic (exact) mass is 154 g/mol. The van der Waals surface area contributed by atoms with Gasteiger partial charge in [0.25, 0.3) is 0 Å². The lowest BCUT2D eigenvalue weighted by Crippen LogP contribution is -2.16. The zero-order valence-electron chi connectivity index (χ0n) is 7.51. The Kier molecular flexibility index (Phi) is 3.13. The van der Waals surface area contributed by atoms with E-state index in [0.29, 0.717) is 18.4 Å². The van der Waals surface area contributed by atoms with E-state index < -0.39 is 0 Å². The molecule has 1 aliphatic rings. The van der Waals surface area contributed by atoms with E-state index in [1.807, 2.05) is 0 Å². The maximum atomic E-state index is 8.94. The summed E-state index contributed by atoms with van der Waals surface area (Å²) in [5.41, 5.74) is 1.58. The van der Waals surface area contributed by atoms with Crippen molar-refractivity contribution in [1.82, 2.24) is 0 Å². The molecule has 0 aromatic heterocycles. The minimum Gasteiger partial charge on any atom is -0.396 e. The summed E-state index contributed by atoms with van der Waals surface area (Å²) in [6.45, 7) is 4.83. The van der Waals surface area contributed by atoms with Crippen LogP contribution in [0.25, 0.3) is 0 Å². The molecule has 2 atom stereocenters. The summed E-state index contributed by atoms with van der Waals surface area (Å²) >= 11 is 0. The molecule has 0 bridgehead atoms. The molecule has 11 heavy (non-hydrogen) atoms. The summed E-state index contributed by atoms with van der Waals surface area (Å²) in [5, 5.41) is 8.94. The number of aliphatic hydroxyl groups excluding tert-OH is 1. The Morgan fingerprint density at radius 2 is 2.36 bits per heavy atom. The van der Waals surface area contributed by atoms with Crippen LogP contribution in [0.5, 0.6) is 0 Å². The van der Waals surface area contributed by atoms with Crippen LogP contribution in [0.1, 0.15) is 33.1 Å². The topological polar surface area (TPSA) is 20.2 Å². The van der Waals surface area contributed by atoms with E-state index in [0.717, 1.165) is 6.42 Å². The van der Waals surface area contributed by atoms with Gasteiger partial charge in [0.05, 0.1) is 0 Å². The molecule has 64 valence electrons. The lowest BCUT2D eigenvalue weighted by atomic mass is 9.81. The maximum absolute atomic E-state index is 8.94. The Labute approximate surface area is 69.1 Å². The fourth-order valence-electron chi connectivity index (χ4n) is 1.91. The average Bonchev–Trinajstić information content (AvgIpc) is 2.04. The number of hydrogen-bond donors (Lipinski definition) is 1. The second-order valence-corrected chi connectivity index (χ2v) is 3.55. The summed E-state index contributed by atoms with van der Waals surface area (Å²) in [5.74, 6) is 1.23. The van der Waals surface area contributed by atoms with Gasteiger partial charge < -0.3 is 5.11 Å². The average molecular weight is 154 g/mol. The van der Waals surface area contributed by atoms with Crippen molar-refractivity contribution in [2.45, 2.75) is 33.1 Å². The highest BCUT2D eigenvalue weighted by Crippen LogP contribution is 2.29. The Morgan fingerprint density at radius 1 is 1.64 bits per heavy atom. The van der Waals surface area contributed by atoms with E-state index >= 15 is 0 Å². The lowest BCUT2D eigenvalue weighted by Gasteiger charge is -2.25. The van der Waals surface area contributed by atoms with Crippen molar-refractivity contribution in [2.24, 2.45) is 11.8 Å². The first-order chi connectivity index (χ1) is 5.27. The van der Waals surface area contributed by atoms with Gasteiger partial charge in [0.15, 0.2) is 0 Å². The molecule has 0 fully saturated rings. The second kappa shape index (κ2) is 3.91. The molecule has 1 heteroatoms. The Balaban J connectivity index is 2.53. The molecule has 0 saturated heterocycles. The van der Waals surface area contributed by atoms with Crippen molar-refractivity contribution in [1.29, 1.82) is 0 Å². The summed E-state index contributed by atoms with van der Waals surface area (Å²) in [6, 6.07) is 0. The van der Waals surface area contributed by atoms with Gasteiger partial charge in [-0.05, 0) is 31.1 Å². The van der Waals surface area contributed by atoms with Gasteiger partial charge >= 0.3 is 0 Å². The van der Waals surface area contributed by atoms with Crippen LogP contribution < -0.4 is 0 Å². The molecule has 2 unspecified atom stereocenters. The maximum Gasteiger partial charge on any atom is 0.0462 e. The van der Waals surface area contributed by atoms with Gasteiger partial charge in [-0.1, -0.05) is 25.5 Å². The molecule has 1 N–H and O–H groups in total. The minimum atomic E-state index is 0.359. The molecule has 0 aromatic rings. The first-order valence-corrected chi connectivity index (χ1v) is 4.57. The standard InChI is InChI=1S/C10H18O/c1-3-10-5-4-9(7-11)6-8(10)2/h5,8-9,11H,3-4,6-7H2,1-2H3. The van der Waals surface area contributed by atoms with E-state index in [-0.39, 0.29) is 0 Å². The Hall–Kier alpha value is -0.300. The lowest BCUT2D eigenvalue weighted by molar-refractivity contribution is 0.203. The van der Waals surface area contributed by atoms with E-state index in [1.54, 1.807) is 5.57 Å². The summed E-state index contributed by atoms with van der Waals surface area (Å²) in [4.78, 5) is 0. The predicted molar refractivity (Wildman–Crippen MR) is 47.3 cm³/mol. The van der Waals surface area contributed by atoms with Crippen LogP contribution in [0, 0.1) is 11.8 Å². The van der Waals surface area contributed by atoms with Crippen LogP contribution >= 0.6 is 0 Å². The molecule has 1 aliphatic carbocycles. The van der Waals surface area contributed by atoms with Crippen molar-refractivity contribution in [3.63, 3.8) is 0 Å². The minimum absolute atomic E-state index is 0.359. The highest BCUT2D eigenvalue weighted by atomic mass is 16.3. The van der Waals surface area contributed by atoms with Crippen LogP contribution in [0.2, 0.25) is 0 Å². The van der Waals surface area contributed by atoms with E-state index in [9.17, 15) is 0 Å². The molecule has 0 aliphatic heterocycles. The Bertz CT molecular complexity index is 149. The highest BCUT2D eigenvalue weighted by Gasteiger charge is 2.18. The van der Waals surface area contributed by atoms with Crippen molar-refractivity contribution in [3.05, 3.63) is 11.6 Å². The van der Waals surface area contributed by atoms with Crippen molar-refractivity contribution < 1.29 is 5.11 Å². The zero-order chi connectivity index (χ0) is 8.27. The normalized spacial score (nSPS) is 31.7. The fraction of sp³-hybridized carbons (Fsp3) is 0.800. The van der Waals surface area contributed by atoms with E-state index in [4.69, 9.17) is 5.11 Å². The molecular formula is C10H18O. The van der Waals surface area contributed by atoms with Crippen LogP contribution in [-0.2, 0) is 0 Å². The number of allylic oxidation sites excluding steroid dienone is 2. The molecule has 0 saturated carbocycles. The number of hydrogen-bond acceptors (Lipinski definition) is 1. The van der Waals surface area contributed by atoms with Gasteiger partial charge in [0, 0.05) is 6.61 Å². The van der Waals surface area contributed by atoms with Gasteiger partial charge in [-0.15, -0.1) is 0 Å². The van der Waals surface area contributed by atoms with Crippen LogP contribution in [0.15, 0.2) is 11.6 Å². The molecule has 0 spiro atoms. The van der Waals surface area contributed by atoms with Crippen LogP contribution in [0.4, 0.5) is 0 Å². The van der Waals surface area contributed by atoms with Gasteiger partial charge in [-0.3, -0.25) is 0 Å². The summed E-state index contributed by atoms with van der Waals surface area (Å²) in [7, 11) is 0. The van der Waals surface area contributed by atoms with Gasteiger partial charge in [-0.25, -0.2) is 0 Å². The molecule has 1 nitrogen and oxygen atoms in total. The van der Waals surface area contributed by atoms with Crippen molar-refractivity contribution in [3.8, 4) is 0 Å². The van der Waals surface area contributed by atoms with Gasteiger partial charge in [-0.2, -0.15) is 0 Å². The van der Waals surface area contributed by atoms with Crippen LogP contribution in [0.3, 0.4) is 0 Å². The third-order valence-electron chi connectivity index (χ3n) is 2.70. The molecular weight excluding hydrogens is 136 g/mol. The molecule has 0 aromatic carbocycles. The van der Waals surface area contributed by atoms with Crippen molar-refractivity contribution in [2.75, 3.05) is 6.61 Å². The molecule has 0 heterocycles. The van der Waals surface area contributed by atoms with Crippen LogP contribution in [-0.4, -0.2) is 11.7 Å². The first kappa shape index (κ1) is 8.79. The zero-order valence-corrected chi connectivity index (χ0v) is 7.51. The van der Waals surface area contributed by atoms with E-state index in [2.05, 4.69) is 19.9 Å². The first-order valence-electron chi connectivity index (χ1n) is 4.57. The Morgan fingerprint density at radius 3 is 2.82 bits per heavy atom. The van der Waals surface area contributed by atoms with Gasteiger partial charge in [0.2, 0.25) is 0 Å². The van der Waals surface area contributed by atoms with Crippen molar-refractivity contribution >= 4 is 0 Å². The second-order valence-electron chi connectivity index (χ2n) is 3.55. The fourth-order valence-corrected chi connectivity index (χ4v) is 1.91.